The predicted molar refractivity (Wildman–Crippen MR) is 123 cm³/mol. The Morgan fingerprint density at radius 1 is 1.00 bits per heavy atom. The number of pyridine rings is 1. The summed E-state index contributed by atoms with van der Waals surface area (Å²) < 4.78 is 28.3. The highest BCUT2D eigenvalue weighted by molar-refractivity contribution is 7.89. The summed E-state index contributed by atoms with van der Waals surface area (Å²) in [6.45, 7) is 4.08. The molecule has 0 saturated carbocycles. The smallest absolute Gasteiger partial charge is 0.243 e. The summed E-state index contributed by atoms with van der Waals surface area (Å²) >= 11 is 0. The number of hydrogen-bond acceptors (Lipinski definition) is 6. The molecule has 0 N–H and O–H groups in total. The monoisotopic (exact) mass is 449 g/mol. The molecule has 1 atom stereocenters. The van der Waals surface area contributed by atoms with Crippen LogP contribution in [0.15, 0.2) is 59.6 Å². The van der Waals surface area contributed by atoms with Crippen molar-refractivity contribution in [2.45, 2.75) is 50.1 Å². The summed E-state index contributed by atoms with van der Waals surface area (Å²) in [7, 11) is -3.60. The molecule has 5 rings (SSSR count). The minimum absolute atomic E-state index is 0.318. The summed E-state index contributed by atoms with van der Waals surface area (Å²) in [6.07, 6.45) is 5.32. The van der Waals surface area contributed by atoms with Crippen molar-refractivity contribution in [3.63, 3.8) is 0 Å². The summed E-state index contributed by atoms with van der Waals surface area (Å²) in [5.41, 5.74) is 3.10. The minimum Gasteiger partial charge on any atom is -0.350 e. The number of anilines is 1. The minimum atomic E-state index is -3.60. The molecular weight excluding hydrogens is 422 g/mol. The van der Waals surface area contributed by atoms with E-state index in [9.17, 15) is 8.42 Å². The molecule has 8 heteroatoms. The van der Waals surface area contributed by atoms with Crippen LogP contribution in [0.1, 0.15) is 48.1 Å². The fourth-order valence-corrected chi connectivity index (χ4v) is 6.39. The van der Waals surface area contributed by atoms with Crippen LogP contribution in [-0.4, -0.2) is 40.8 Å². The molecule has 0 radical (unpaired) electrons. The molecule has 2 aliphatic rings. The third-order valence-corrected chi connectivity index (χ3v) is 8.22. The van der Waals surface area contributed by atoms with Gasteiger partial charge in [-0.25, -0.2) is 18.4 Å². The van der Waals surface area contributed by atoms with Crippen molar-refractivity contribution in [1.29, 1.82) is 0 Å². The molecule has 3 aromatic rings. The van der Waals surface area contributed by atoms with E-state index in [1.54, 1.807) is 28.6 Å². The fraction of sp³-hybridized carbons (Fsp3) is 0.375. The normalized spacial score (nSPS) is 19.2. The molecule has 1 fully saturated rings. The van der Waals surface area contributed by atoms with Crippen LogP contribution in [0.5, 0.6) is 0 Å². The van der Waals surface area contributed by atoms with Gasteiger partial charge in [0.05, 0.1) is 23.2 Å². The van der Waals surface area contributed by atoms with Crippen LogP contribution in [0, 0.1) is 6.92 Å². The average molecular weight is 450 g/mol. The second-order valence-electron chi connectivity index (χ2n) is 8.40. The van der Waals surface area contributed by atoms with Crippen molar-refractivity contribution in [3.05, 3.63) is 77.5 Å². The average Bonchev–Trinajstić information content (AvgIpc) is 3.32. The molecule has 2 aromatic heterocycles. The first-order valence-corrected chi connectivity index (χ1v) is 12.6. The molecule has 7 nitrogen and oxygen atoms in total. The lowest BCUT2D eigenvalue weighted by Crippen LogP contribution is -2.34. The second-order valence-corrected chi connectivity index (χ2v) is 10.3. The Morgan fingerprint density at radius 2 is 1.81 bits per heavy atom. The molecule has 0 bridgehead atoms. The number of hydrogen-bond donors (Lipinski definition) is 0. The van der Waals surface area contributed by atoms with Gasteiger partial charge in [0.25, 0.3) is 0 Å². The Morgan fingerprint density at radius 3 is 2.59 bits per heavy atom. The molecule has 2 aliphatic heterocycles. The van der Waals surface area contributed by atoms with Crippen LogP contribution >= 0.6 is 0 Å². The molecule has 0 spiro atoms. The van der Waals surface area contributed by atoms with Crippen molar-refractivity contribution in [3.8, 4) is 0 Å². The van der Waals surface area contributed by atoms with Gasteiger partial charge in [0.15, 0.2) is 0 Å². The zero-order valence-corrected chi connectivity index (χ0v) is 19.0. The Balaban J connectivity index is 1.50. The number of benzene rings is 1. The number of aromatic nitrogens is 3. The summed E-state index contributed by atoms with van der Waals surface area (Å²) in [4.78, 5) is 16.8. The zero-order chi connectivity index (χ0) is 22.1. The third-order valence-electron chi connectivity index (χ3n) is 6.29. The van der Waals surface area contributed by atoms with Gasteiger partial charge in [-0.1, -0.05) is 24.3 Å². The maximum absolute atomic E-state index is 13.3. The number of fused-ring (bicyclic) bond motifs is 1. The lowest BCUT2D eigenvalue weighted by molar-refractivity contribution is 0.382. The zero-order valence-electron chi connectivity index (χ0n) is 18.2. The van der Waals surface area contributed by atoms with E-state index in [1.807, 2.05) is 37.4 Å². The number of nitrogens with zero attached hydrogens (tertiary/aromatic N) is 5. The van der Waals surface area contributed by atoms with Crippen molar-refractivity contribution >= 4 is 15.8 Å². The Labute approximate surface area is 189 Å². The molecule has 0 amide bonds. The van der Waals surface area contributed by atoms with E-state index >= 15 is 0 Å². The van der Waals surface area contributed by atoms with Gasteiger partial charge in [0.2, 0.25) is 10.0 Å². The summed E-state index contributed by atoms with van der Waals surface area (Å²) in [5, 5.41) is 0. The quantitative estimate of drug-likeness (QED) is 0.592. The van der Waals surface area contributed by atoms with Gasteiger partial charge >= 0.3 is 0 Å². The highest BCUT2D eigenvalue weighted by Gasteiger charge is 2.38. The Bertz CT molecular complexity index is 1200. The van der Waals surface area contributed by atoms with E-state index in [0.717, 1.165) is 55.0 Å². The van der Waals surface area contributed by atoms with Gasteiger partial charge in [0, 0.05) is 30.5 Å². The van der Waals surface area contributed by atoms with Gasteiger partial charge in [-0.2, -0.15) is 4.31 Å². The molecule has 1 saturated heterocycles. The molecule has 0 unspecified atom stereocenters. The Kier molecular flexibility index (Phi) is 5.65. The van der Waals surface area contributed by atoms with Crippen LogP contribution in [0.4, 0.5) is 5.82 Å². The van der Waals surface area contributed by atoms with E-state index in [1.165, 1.54) is 0 Å². The van der Waals surface area contributed by atoms with E-state index in [4.69, 9.17) is 9.97 Å². The summed E-state index contributed by atoms with van der Waals surface area (Å²) in [6, 6.07) is 14.2. The van der Waals surface area contributed by atoms with E-state index in [-0.39, 0.29) is 6.04 Å². The van der Waals surface area contributed by atoms with Crippen molar-refractivity contribution in [2.24, 2.45) is 0 Å². The van der Waals surface area contributed by atoms with E-state index in [2.05, 4.69) is 9.88 Å². The first-order chi connectivity index (χ1) is 15.5. The maximum Gasteiger partial charge on any atom is 0.243 e. The number of rotatable bonds is 5. The highest BCUT2D eigenvalue weighted by Crippen LogP contribution is 2.37. The lowest BCUT2D eigenvalue weighted by Gasteiger charge is -2.32. The first kappa shape index (κ1) is 21.0. The number of sulfonamides is 1. The first-order valence-electron chi connectivity index (χ1n) is 11.1. The Hall–Kier alpha value is -2.84. The van der Waals surface area contributed by atoms with Gasteiger partial charge in [-0.05, 0) is 56.9 Å². The van der Waals surface area contributed by atoms with Crippen LogP contribution in [-0.2, 0) is 23.0 Å². The second kappa shape index (κ2) is 8.60. The van der Waals surface area contributed by atoms with Gasteiger partial charge in [-0.3, -0.25) is 4.98 Å². The summed E-state index contributed by atoms with van der Waals surface area (Å²) in [5.74, 6) is 1.53. The number of aryl methyl sites for hydroxylation is 1. The van der Waals surface area contributed by atoms with Gasteiger partial charge in [-0.15, -0.1) is 0 Å². The maximum atomic E-state index is 13.3. The van der Waals surface area contributed by atoms with E-state index in [0.29, 0.717) is 23.8 Å². The van der Waals surface area contributed by atoms with Crippen molar-refractivity contribution < 1.29 is 8.42 Å². The van der Waals surface area contributed by atoms with Crippen molar-refractivity contribution in [2.75, 3.05) is 18.0 Å². The molecule has 4 heterocycles. The van der Waals surface area contributed by atoms with Crippen LogP contribution < -0.4 is 4.90 Å². The molecule has 0 aliphatic carbocycles. The molecule has 166 valence electrons. The van der Waals surface area contributed by atoms with Crippen LogP contribution in [0.3, 0.4) is 0 Å². The molecule has 1 aromatic carbocycles. The van der Waals surface area contributed by atoms with Crippen molar-refractivity contribution in [1.82, 2.24) is 19.3 Å². The third kappa shape index (κ3) is 3.89. The fourth-order valence-electron chi connectivity index (χ4n) is 4.71. The highest BCUT2D eigenvalue weighted by atomic mass is 32.2. The van der Waals surface area contributed by atoms with Crippen LogP contribution in [0.25, 0.3) is 0 Å². The standard InChI is InChI=1S/C24H27N5O2S/c1-18-21-12-7-15-28(17-19-9-5-6-14-25-19)24(21)27-23(26-18)22-13-8-16-29(22)32(30,31)20-10-3-2-4-11-20/h2-6,9-11,14,22H,7-8,12-13,15-17H2,1H3/t22-/m1/s1. The predicted octanol–water partition coefficient (Wildman–Crippen LogP) is 3.66. The topological polar surface area (TPSA) is 79.3 Å². The van der Waals surface area contributed by atoms with Gasteiger partial charge < -0.3 is 4.90 Å². The lowest BCUT2D eigenvalue weighted by atomic mass is 10.0. The van der Waals surface area contributed by atoms with Crippen LogP contribution in [0.2, 0.25) is 0 Å². The SMILES string of the molecule is Cc1nc([C@H]2CCCN2S(=O)(=O)c2ccccc2)nc2c1CCCN2Cc1ccccn1. The van der Waals surface area contributed by atoms with Gasteiger partial charge in [0.1, 0.15) is 11.6 Å². The largest absolute Gasteiger partial charge is 0.350 e. The van der Waals surface area contributed by atoms with E-state index < -0.39 is 10.0 Å². The molecule has 32 heavy (non-hydrogen) atoms. The molecular formula is C24H27N5O2S.